The molecule has 19 heavy (non-hydrogen) atoms. The van der Waals surface area contributed by atoms with E-state index >= 15 is 0 Å². The lowest BCUT2D eigenvalue weighted by molar-refractivity contribution is 0.0470. The van der Waals surface area contributed by atoms with Gasteiger partial charge in [0.25, 0.3) is 0 Å². The minimum atomic E-state index is -0.559. The van der Waals surface area contributed by atoms with Gasteiger partial charge in [-0.1, -0.05) is 11.6 Å². The van der Waals surface area contributed by atoms with Crippen LogP contribution in [-0.2, 0) is 22.7 Å². The predicted molar refractivity (Wildman–Crippen MR) is 70.3 cm³/mol. The zero-order valence-corrected chi connectivity index (χ0v) is 12.0. The Labute approximate surface area is 118 Å². The molecular weight excluding hydrogens is 290 g/mol. The molecule has 0 aliphatic carbocycles. The van der Waals surface area contributed by atoms with Gasteiger partial charge in [-0.25, -0.2) is 9.78 Å². The normalized spacial score (nSPS) is 10.7. The van der Waals surface area contributed by atoms with E-state index in [9.17, 15) is 4.79 Å². The molecule has 0 fully saturated rings. The van der Waals surface area contributed by atoms with E-state index in [1.807, 2.05) is 0 Å². The lowest BCUT2D eigenvalue weighted by Crippen LogP contribution is -2.05. The van der Waals surface area contributed by atoms with Gasteiger partial charge in [0.2, 0.25) is 0 Å². The van der Waals surface area contributed by atoms with Crippen LogP contribution >= 0.6 is 22.9 Å². The van der Waals surface area contributed by atoms with Crippen LogP contribution in [0.4, 0.5) is 0 Å². The van der Waals surface area contributed by atoms with Gasteiger partial charge in [0.15, 0.2) is 5.69 Å². The SMILES string of the molecule is COCc1ncc(COC(=O)c2n[nH]c(C)c2Cl)s1. The number of methoxy groups -OCH3 is 1. The zero-order valence-electron chi connectivity index (χ0n) is 10.4. The number of H-pyrrole nitrogens is 1. The van der Waals surface area contributed by atoms with Crippen molar-refractivity contribution in [3.8, 4) is 0 Å². The number of aromatic nitrogens is 3. The first-order chi connectivity index (χ1) is 9.11. The van der Waals surface area contributed by atoms with Crippen molar-refractivity contribution in [2.45, 2.75) is 20.1 Å². The maximum absolute atomic E-state index is 11.8. The molecule has 2 heterocycles. The molecule has 8 heteroatoms. The van der Waals surface area contributed by atoms with Gasteiger partial charge >= 0.3 is 5.97 Å². The Balaban J connectivity index is 1.94. The van der Waals surface area contributed by atoms with Crippen LogP contribution in [0.15, 0.2) is 6.20 Å². The van der Waals surface area contributed by atoms with Gasteiger partial charge < -0.3 is 9.47 Å². The fraction of sp³-hybridized carbons (Fsp3) is 0.364. The van der Waals surface area contributed by atoms with Gasteiger partial charge in [-0.05, 0) is 6.92 Å². The van der Waals surface area contributed by atoms with E-state index in [4.69, 9.17) is 21.1 Å². The van der Waals surface area contributed by atoms with Crippen LogP contribution in [0.3, 0.4) is 0 Å². The molecule has 0 radical (unpaired) electrons. The summed E-state index contributed by atoms with van der Waals surface area (Å²) in [7, 11) is 1.60. The summed E-state index contributed by atoms with van der Waals surface area (Å²) in [6.07, 6.45) is 1.66. The van der Waals surface area contributed by atoms with E-state index in [-0.39, 0.29) is 17.3 Å². The second kappa shape index (κ2) is 6.14. The second-order valence-electron chi connectivity index (χ2n) is 3.74. The Bertz CT molecular complexity index is 582. The summed E-state index contributed by atoms with van der Waals surface area (Å²) >= 11 is 7.34. The molecule has 6 nitrogen and oxygen atoms in total. The molecule has 2 aromatic rings. The molecule has 0 spiro atoms. The van der Waals surface area contributed by atoms with E-state index in [0.29, 0.717) is 12.3 Å². The van der Waals surface area contributed by atoms with Crippen LogP contribution in [0, 0.1) is 6.92 Å². The Morgan fingerprint density at radius 3 is 2.95 bits per heavy atom. The summed E-state index contributed by atoms with van der Waals surface area (Å²) in [5.74, 6) is -0.559. The van der Waals surface area contributed by atoms with E-state index < -0.39 is 5.97 Å². The number of ether oxygens (including phenoxy) is 2. The number of carbonyl (C=O) groups is 1. The van der Waals surface area contributed by atoms with E-state index in [2.05, 4.69) is 15.2 Å². The van der Waals surface area contributed by atoms with Crippen molar-refractivity contribution in [1.82, 2.24) is 15.2 Å². The van der Waals surface area contributed by atoms with Crippen LogP contribution in [0.1, 0.15) is 26.1 Å². The molecule has 102 valence electrons. The molecule has 0 amide bonds. The zero-order chi connectivity index (χ0) is 13.8. The summed E-state index contributed by atoms with van der Waals surface area (Å²) in [6, 6.07) is 0. The molecule has 2 aromatic heterocycles. The van der Waals surface area contributed by atoms with Gasteiger partial charge in [0.05, 0.1) is 22.2 Å². The lowest BCUT2D eigenvalue weighted by atomic mass is 10.4. The molecular formula is C11H12ClN3O3S. The van der Waals surface area contributed by atoms with Gasteiger partial charge in [-0.3, -0.25) is 5.10 Å². The number of hydrogen-bond donors (Lipinski definition) is 1. The molecule has 0 aliphatic heterocycles. The highest BCUT2D eigenvalue weighted by Gasteiger charge is 2.18. The van der Waals surface area contributed by atoms with Gasteiger partial charge in [-0.15, -0.1) is 11.3 Å². The summed E-state index contributed by atoms with van der Waals surface area (Å²) in [6.45, 7) is 2.32. The van der Waals surface area contributed by atoms with Crippen molar-refractivity contribution in [3.63, 3.8) is 0 Å². The summed E-state index contributed by atoms with van der Waals surface area (Å²) in [5, 5.41) is 7.55. The van der Waals surface area contributed by atoms with Gasteiger partial charge in [-0.2, -0.15) is 5.10 Å². The maximum Gasteiger partial charge on any atom is 0.360 e. The number of halogens is 1. The molecule has 2 rings (SSSR count). The highest BCUT2D eigenvalue weighted by atomic mass is 35.5. The smallest absolute Gasteiger partial charge is 0.360 e. The average Bonchev–Trinajstić information content (AvgIpc) is 2.96. The maximum atomic E-state index is 11.8. The Morgan fingerprint density at radius 1 is 1.53 bits per heavy atom. The van der Waals surface area contributed by atoms with E-state index in [1.165, 1.54) is 11.3 Å². The first kappa shape index (κ1) is 14.0. The van der Waals surface area contributed by atoms with Crippen molar-refractivity contribution in [2.75, 3.05) is 7.11 Å². The van der Waals surface area contributed by atoms with Crippen molar-refractivity contribution >= 4 is 28.9 Å². The topological polar surface area (TPSA) is 77.1 Å². The van der Waals surface area contributed by atoms with Crippen LogP contribution < -0.4 is 0 Å². The molecule has 1 N–H and O–H groups in total. The van der Waals surface area contributed by atoms with Crippen LogP contribution in [-0.4, -0.2) is 28.3 Å². The number of hydrogen-bond acceptors (Lipinski definition) is 6. The molecule has 0 unspecified atom stereocenters. The number of aryl methyl sites for hydroxylation is 1. The van der Waals surface area contributed by atoms with Crippen molar-refractivity contribution in [1.29, 1.82) is 0 Å². The largest absolute Gasteiger partial charge is 0.455 e. The summed E-state index contributed by atoms with van der Waals surface area (Å²) in [5.41, 5.74) is 0.731. The molecule has 0 saturated heterocycles. The number of nitrogens with one attached hydrogen (secondary N) is 1. The number of nitrogens with zero attached hydrogens (tertiary/aromatic N) is 2. The number of thiazole rings is 1. The lowest BCUT2D eigenvalue weighted by Gasteiger charge is -2.00. The molecule has 0 aliphatic rings. The third-order valence-electron chi connectivity index (χ3n) is 2.28. The second-order valence-corrected chi connectivity index (χ2v) is 5.32. The van der Waals surface area contributed by atoms with Gasteiger partial charge in [0.1, 0.15) is 11.6 Å². The highest BCUT2D eigenvalue weighted by Crippen LogP contribution is 2.19. The standard InChI is InChI=1S/C11H12ClN3O3S/c1-6-9(12)10(15-14-6)11(16)18-4-7-3-13-8(19-7)5-17-2/h3H,4-5H2,1-2H3,(H,14,15). The van der Waals surface area contributed by atoms with Crippen LogP contribution in [0.5, 0.6) is 0 Å². The van der Waals surface area contributed by atoms with E-state index in [1.54, 1.807) is 20.2 Å². The number of esters is 1. The van der Waals surface area contributed by atoms with Crippen molar-refractivity contribution < 1.29 is 14.3 Å². The van der Waals surface area contributed by atoms with Crippen molar-refractivity contribution in [3.05, 3.63) is 32.5 Å². The van der Waals surface area contributed by atoms with E-state index in [0.717, 1.165) is 9.88 Å². The monoisotopic (exact) mass is 301 g/mol. The molecule has 0 bridgehead atoms. The predicted octanol–water partition coefficient (Wildman–Crippen LogP) is 2.33. The third-order valence-corrected chi connectivity index (χ3v) is 3.69. The molecule has 0 atom stereocenters. The fourth-order valence-electron chi connectivity index (χ4n) is 1.36. The fourth-order valence-corrected chi connectivity index (χ4v) is 2.33. The highest BCUT2D eigenvalue weighted by molar-refractivity contribution is 7.11. The minimum absolute atomic E-state index is 0.0980. The average molecular weight is 302 g/mol. The van der Waals surface area contributed by atoms with Crippen molar-refractivity contribution in [2.24, 2.45) is 0 Å². The summed E-state index contributed by atoms with van der Waals surface area (Å²) in [4.78, 5) is 16.7. The number of aromatic amines is 1. The third kappa shape index (κ3) is 3.31. The Kier molecular flexibility index (Phi) is 4.52. The van der Waals surface area contributed by atoms with Crippen LogP contribution in [0.2, 0.25) is 5.02 Å². The molecule has 0 saturated carbocycles. The Hall–Kier alpha value is -1.44. The minimum Gasteiger partial charge on any atom is -0.455 e. The van der Waals surface area contributed by atoms with Crippen LogP contribution in [0.25, 0.3) is 0 Å². The van der Waals surface area contributed by atoms with Gasteiger partial charge in [0, 0.05) is 13.3 Å². The first-order valence-corrected chi connectivity index (χ1v) is 6.61. The Morgan fingerprint density at radius 2 is 2.32 bits per heavy atom. The summed E-state index contributed by atoms with van der Waals surface area (Å²) < 4.78 is 10.1. The first-order valence-electron chi connectivity index (χ1n) is 5.42. The quantitative estimate of drug-likeness (QED) is 0.858. The number of rotatable bonds is 5. The molecule has 0 aromatic carbocycles. The number of carbonyl (C=O) groups excluding carboxylic acids is 1.